The van der Waals surface area contributed by atoms with Gasteiger partial charge in [0.2, 0.25) is 0 Å². The van der Waals surface area contributed by atoms with Gasteiger partial charge in [-0.15, -0.1) is 0 Å². The minimum Gasteiger partial charge on any atom is -0.432 e. The first-order valence-electron chi connectivity index (χ1n) is 3.87. The fourth-order valence-electron chi connectivity index (χ4n) is 1.04. The van der Waals surface area contributed by atoms with Crippen molar-refractivity contribution in [3.05, 3.63) is 28.0 Å². The molecule has 1 aromatic rings. The maximum absolute atomic E-state index is 13.4. The number of ether oxygens (including phenoxy) is 1. The van der Waals surface area contributed by atoms with Crippen LogP contribution < -0.4 is 4.74 Å². The molecule has 0 aromatic heterocycles. The van der Waals surface area contributed by atoms with Crippen LogP contribution in [0.4, 0.5) is 13.2 Å². The van der Waals surface area contributed by atoms with Crippen molar-refractivity contribution in [3.63, 3.8) is 0 Å². The molecular weight excluding hydrogens is 277 g/mol. The van der Waals surface area contributed by atoms with Crippen LogP contribution in [0.2, 0.25) is 0 Å². The normalized spacial score (nSPS) is 10.5. The monoisotopic (exact) mass is 282 g/mol. The lowest BCUT2D eigenvalue weighted by Gasteiger charge is -2.09. The van der Waals surface area contributed by atoms with Gasteiger partial charge in [0.1, 0.15) is 0 Å². The van der Waals surface area contributed by atoms with E-state index in [9.17, 15) is 18.0 Å². The Kier molecular flexibility index (Phi) is 3.73. The molecule has 0 atom stereocenters. The smallest absolute Gasteiger partial charge is 0.387 e. The zero-order chi connectivity index (χ0) is 11.6. The summed E-state index contributed by atoms with van der Waals surface area (Å²) >= 11 is 2.94. The van der Waals surface area contributed by atoms with Gasteiger partial charge in [0.05, 0.1) is 5.56 Å². The summed E-state index contributed by atoms with van der Waals surface area (Å²) in [6.45, 7) is -1.99. The Bertz CT molecular complexity index is 393. The van der Waals surface area contributed by atoms with E-state index in [-0.39, 0.29) is 10.0 Å². The highest BCUT2D eigenvalue weighted by Gasteiger charge is 2.18. The van der Waals surface area contributed by atoms with E-state index in [0.29, 0.717) is 0 Å². The van der Waals surface area contributed by atoms with Crippen molar-refractivity contribution in [2.75, 3.05) is 0 Å². The first kappa shape index (κ1) is 12.0. The van der Waals surface area contributed by atoms with E-state index in [1.807, 2.05) is 0 Å². The van der Waals surface area contributed by atoms with Crippen molar-refractivity contribution in [3.8, 4) is 5.75 Å². The first-order chi connectivity index (χ1) is 6.93. The second-order valence-electron chi connectivity index (χ2n) is 2.67. The number of hydrogen-bond donors (Lipinski definition) is 0. The molecule has 0 aliphatic rings. The average Bonchev–Trinajstić information content (AvgIpc) is 2.09. The zero-order valence-corrected chi connectivity index (χ0v) is 9.15. The molecule has 0 amide bonds. The van der Waals surface area contributed by atoms with Crippen molar-refractivity contribution in [1.82, 2.24) is 0 Å². The van der Waals surface area contributed by atoms with Gasteiger partial charge in [-0.25, -0.2) is 4.39 Å². The Labute approximate surface area is 92.2 Å². The van der Waals surface area contributed by atoms with Crippen LogP contribution in [-0.2, 0) is 0 Å². The minimum atomic E-state index is -3.12. The number of benzene rings is 1. The van der Waals surface area contributed by atoms with Crippen LogP contribution in [0.25, 0.3) is 0 Å². The fraction of sp³-hybridized carbons (Fsp3) is 0.222. The van der Waals surface area contributed by atoms with E-state index >= 15 is 0 Å². The van der Waals surface area contributed by atoms with Crippen LogP contribution in [-0.4, -0.2) is 12.4 Å². The molecular formula is C9H6BrF3O2. The predicted octanol–water partition coefficient (Wildman–Crippen LogP) is 3.39. The van der Waals surface area contributed by atoms with Gasteiger partial charge in [0, 0.05) is 4.47 Å². The minimum absolute atomic E-state index is 0.203. The zero-order valence-electron chi connectivity index (χ0n) is 7.56. The molecule has 0 saturated carbocycles. The number of carbonyl (C=O) groups excluding carboxylic acids is 1. The van der Waals surface area contributed by atoms with Crippen molar-refractivity contribution < 1.29 is 22.7 Å². The van der Waals surface area contributed by atoms with Gasteiger partial charge in [-0.05, 0) is 35.0 Å². The van der Waals surface area contributed by atoms with Gasteiger partial charge in [-0.2, -0.15) is 8.78 Å². The highest BCUT2D eigenvalue weighted by Crippen LogP contribution is 2.28. The lowest BCUT2D eigenvalue weighted by atomic mass is 10.1. The summed E-state index contributed by atoms with van der Waals surface area (Å²) in [6.07, 6.45) is 0. The van der Waals surface area contributed by atoms with Crippen molar-refractivity contribution in [2.24, 2.45) is 0 Å². The lowest BCUT2D eigenvalue weighted by molar-refractivity contribution is -0.0522. The number of Topliss-reactive ketones (excluding diaryl/α,β-unsaturated/α-hetero) is 1. The molecule has 0 unspecified atom stereocenters. The van der Waals surface area contributed by atoms with Crippen molar-refractivity contribution >= 4 is 21.7 Å². The van der Waals surface area contributed by atoms with Gasteiger partial charge >= 0.3 is 6.61 Å². The van der Waals surface area contributed by atoms with Crippen LogP contribution in [0.15, 0.2) is 16.6 Å². The van der Waals surface area contributed by atoms with Crippen LogP contribution >= 0.6 is 15.9 Å². The van der Waals surface area contributed by atoms with E-state index in [0.717, 1.165) is 13.0 Å². The molecule has 0 aliphatic carbocycles. The highest BCUT2D eigenvalue weighted by molar-refractivity contribution is 9.10. The second-order valence-corrected chi connectivity index (χ2v) is 3.52. The van der Waals surface area contributed by atoms with Gasteiger partial charge in [0.15, 0.2) is 17.3 Å². The number of halogens is 4. The van der Waals surface area contributed by atoms with Gasteiger partial charge < -0.3 is 4.74 Å². The maximum Gasteiger partial charge on any atom is 0.387 e. The Morgan fingerprint density at radius 3 is 2.53 bits per heavy atom. The third-order valence-corrected chi connectivity index (χ3v) is 2.28. The van der Waals surface area contributed by atoms with E-state index in [1.165, 1.54) is 6.07 Å². The number of ketones is 1. The van der Waals surface area contributed by atoms with Crippen molar-refractivity contribution in [1.29, 1.82) is 0 Å². The number of carbonyl (C=O) groups is 1. The largest absolute Gasteiger partial charge is 0.432 e. The molecule has 2 nitrogen and oxygen atoms in total. The van der Waals surface area contributed by atoms with E-state index in [2.05, 4.69) is 20.7 Å². The summed E-state index contributed by atoms with van der Waals surface area (Å²) in [7, 11) is 0. The van der Waals surface area contributed by atoms with Crippen LogP contribution in [0.3, 0.4) is 0 Å². The molecule has 0 bridgehead atoms. The average molecular weight is 283 g/mol. The molecule has 6 heteroatoms. The molecule has 1 rings (SSSR count). The summed E-state index contributed by atoms with van der Waals surface area (Å²) in [5, 5.41) is 0. The number of alkyl halides is 2. The Morgan fingerprint density at radius 2 is 2.07 bits per heavy atom. The fourth-order valence-corrected chi connectivity index (χ4v) is 1.63. The number of hydrogen-bond acceptors (Lipinski definition) is 2. The molecule has 0 saturated heterocycles. The lowest BCUT2D eigenvalue weighted by Crippen LogP contribution is -2.07. The Balaban J connectivity index is 3.22. The molecule has 0 N–H and O–H groups in total. The van der Waals surface area contributed by atoms with Crippen LogP contribution in [0, 0.1) is 5.82 Å². The van der Waals surface area contributed by atoms with Gasteiger partial charge in [-0.1, -0.05) is 0 Å². The highest BCUT2D eigenvalue weighted by atomic mass is 79.9. The third kappa shape index (κ3) is 2.71. The van der Waals surface area contributed by atoms with E-state index < -0.39 is 24.0 Å². The summed E-state index contributed by atoms with van der Waals surface area (Å²) in [5.74, 6) is -2.30. The Hall–Kier alpha value is -1.04. The molecule has 0 radical (unpaired) electrons. The summed E-state index contributed by atoms with van der Waals surface area (Å²) in [5.41, 5.74) is -0.298. The summed E-state index contributed by atoms with van der Waals surface area (Å²) < 4.78 is 41.2. The second kappa shape index (κ2) is 4.65. The SMILES string of the molecule is CC(=O)c1c(Br)ccc(OC(F)F)c1F. The van der Waals surface area contributed by atoms with E-state index in [4.69, 9.17) is 0 Å². The van der Waals surface area contributed by atoms with Gasteiger partial charge in [-0.3, -0.25) is 4.79 Å². The van der Waals surface area contributed by atoms with Crippen LogP contribution in [0.5, 0.6) is 5.75 Å². The molecule has 15 heavy (non-hydrogen) atoms. The standard InChI is InChI=1S/C9H6BrF3O2/c1-4(14)7-5(10)2-3-6(8(7)11)15-9(12)13/h2-3,9H,1H3. The molecule has 0 spiro atoms. The molecule has 82 valence electrons. The van der Waals surface area contributed by atoms with Crippen molar-refractivity contribution in [2.45, 2.75) is 13.5 Å². The summed E-state index contributed by atoms with van der Waals surface area (Å²) in [4.78, 5) is 11.0. The van der Waals surface area contributed by atoms with Crippen LogP contribution in [0.1, 0.15) is 17.3 Å². The summed E-state index contributed by atoms with van der Waals surface area (Å²) in [6, 6.07) is 2.30. The quantitative estimate of drug-likeness (QED) is 0.795. The Morgan fingerprint density at radius 1 is 1.47 bits per heavy atom. The molecule has 1 aromatic carbocycles. The van der Waals surface area contributed by atoms with Gasteiger partial charge in [0.25, 0.3) is 0 Å². The topological polar surface area (TPSA) is 26.3 Å². The first-order valence-corrected chi connectivity index (χ1v) is 4.66. The molecule has 0 heterocycles. The number of rotatable bonds is 3. The third-order valence-electron chi connectivity index (χ3n) is 1.62. The molecule has 0 aliphatic heterocycles. The maximum atomic E-state index is 13.4. The molecule has 0 fully saturated rings. The predicted molar refractivity (Wildman–Crippen MR) is 50.7 cm³/mol. The van der Waals surface area contributed by atoms with E-state index in [1.54, 1.807) is 0 Å².